The number of nitro benzene ring substituents is 1. The van der Waals surface area contributed by atoms with Crippen LogP contribution < -0.4 is 15.5 Å². The zero-order valence-corrected chi connectivity index (χ0v) is 20.7. The molecule has 0 bridgehead atoms. The van der Waals surface area contributed by atoms with Crippen LogP contribution in [0.2, 0.25) is 0 Å². The largest absolute Gasteiger partial charge is 0.436 e. The molecule has 1 fully saturated rings. The minimum atomic E-state index is -0.554. The molecule has 188 valence electrons. The number of nitrogens with one attached hydrogen (secondary N) is 2. The van der Waals surface area contributed by atoms with Crippen LogP contribution in [0.3, 0.4) is 0 Å². The highest BCUT2D eigenvalue weighted by atomic mass is 32.1. The van der Waals surface area contributed by atoms with E-state index in [9.17, 15) is 14.9 Å². The first-order valence-corrected chi connectivity index (χ1v) is 12.0. The molecule has 1 amide bonds. The average molecular weight is 518 g/mol. The maximum absolute atomic E-state index is 12.9. The molecule has 1 aromatic heterocycles. The number of nitrogens with zero attached hydrogens (tertiary/aromatic N) is 3. The summed E-state index contributed by atoms with van der Waals surface area (Å²) in [6, 6.07) is 17.5. The predicted octanol–water partition coefficient (Wildman–Crippen LogP) is 4.67. The molecule has 0 atom stereocenters. The lowest BCUT2D eigenvalue weighted by Gasteiger charge is -2.28. The number of fused-ring (bicyclic) bond motifs is 1. The van der Waals surface area contributed by atoms with Crippen molar-refractivity contribution in [3.05, 3.63) is 81.9 Å². The van der Waals surface area contributed by atoms with Gasteiger partial charge < -0.3 is 19.4 Å². The number of thiocarbonyl (C=S) groups is 1. The second-order valence-electron chi connectivity index (χ2n) is 8.43. The number of morpholine rings is 1. The van der Waals surface area contributed by atoms with Crippen molar-refractivity contribution in [3.8, 4) is 11.5 Å². The summed E-state index contributed by atoms with van der Waals surface area (Å²) < 4.78 is 11.2. The summed E-state index contributed by atoms with van der Waals surface area (Å²) in [4.78, 5) is 30.5. The molecule has 0 spiro atoms. The Morgan fingerprint density at radius 3 is 2.65 bits per heavy atom. The molecule has 0 radical (unpaired) electrons. The van der Waals surface area contributed by atoms with Crippen LogP contribution in [0.4, 0.5) is 17.1 Å². The predicted molar refractivity (Wildman–Crippen MR) is 144 cm³/mol. The Labute approximate surface area is 217 Å². The van der Waals surface area contributed by atoms with E-state index in [2.05, 4.69) is 15.6 Å². The summed E-state index contributed by atoms with van der Waals surface area (Å²) in [6.07, 6.45) is 0. The zero-order valence-electron chi connectivity index (χ0n) is 19.9. The Hall–Kier alpha value is -4.35. The number of benzene rings is 3. The third-order valence-corrected chi connectivity index (χ3v) is 6.32. The lowest BCUT2D eigenvalue weighted by Crippen LogP contribution is -2.37. The first-order chi connectivity index (χ1) is 17.9. The zero-order chi connectivity index (χ0) is 25.9. The van der Waals surface area contributed by atoms with Gasteiger partial charge in [0.15, 0.2) is 10.7 Å². The van der Waals surface area contributed by atoms with E-state index in [-0.39, 0.29) is 16.4 Å². The van der Waals surface area contributed by atoms with Gasteiger partial charge >= 0.3 is 0 Å². The summed E-state index contributed by atoms with van der Waals surface area (Å²) in [5.74, 6) is -0.0770. The van der Waals surface area contributed by atoms with E-state index in [4.69, 9.17) is 21.4 Å². The number of nitro groups is 1. The van der Waals surface area contributed by atoms with Gasteiger partial charge in [0.05, 0.1) is 18.1 Å². The molecule has 3 aromatic carbocycles. The van der Waals surface area contributed by atoms with E-state index in [1.165, 1.54) is 6.07 Å². The van der Waals surface area contributed by atoms with Crippen molar-refractivity contribution in [1.29, 1.82) is 0 Å². The van der Waals surface area contributed by atoms with Gasteiger partial charge in [-0.15, -0.1) is 0 Å². The van der Waals surface area contributed by atoms with Crippen molar-refractivity contribution in [2.75, 3.05) is 36.5 Å². The summed E-state index contributed by atoms with van der Waals surface area (Å²) in [5.41, 5.74) is 4.16. The second kappa shape index (κ2) is 10.3. The smallest absolute Gasteiger partial charge is 0.293 e. The molecular formula is C26H23N5O5S. The van der Waals surface area contributed by atoms with E-state index in [1.807, 2.05) is 54.3 Å². The van der Waals surface area contributed by atoms with Crippen LogP contribution in [0.15, 0.2) is 65.1 Å². The molecule has 4 aromatic rings. The number of oxazole rings is 1. The number of hydrogen-bond acceptors (Lipinski definition) is 8. The number of ether oxygens (including phenoxy) is 1. The van der Waals surface area contributed by atoms with Crippen LogP contribution in [-0.4, -0.2) is 47.2 Å². The van der Waals surface area contributed by atoms with Gasteiger partial charge in [0.1, 0.15) is 11.2 Å². The standard InChI is InChI=1S/C26H23N5O5S/c1-16-18(25-27-20-6-2-3-8-23(20)36-25)5-4-7-19(16)28-26(37)29-24(32)17-9-10-21(22(15-17)31(33)34)30-11-13-35-14-12-30/h2-10,15H,11-14H2,1H3,(H2,28,29,32,37). The maximum Gasteiger partial charge on any atom is 0.293 e. The van der Waals surface area contributed by atoms with Gasteiger partial charge in [0, 0.05) is 36.0 Å². The van der Waals surface area contributed by atoms with Crippen molar-refractivity contribution >= 4 is 51.4 Å². The second-order valence-corrected chi connectivity index (χ2v) is 8.84. The fourth-order valence-corrected chi connectivity index (χ4v) is 4.40. The molecule has 37 heavy (non-hydrogen) atoms. The Morgan fingerprint density at radius 2 is 1.89 bits per heavy atom. The Balaban J connectivity index is 1.31. The summed E-state index contributed by atoms with van der Waals surface area (Å²) >= 11 is 5.36. The minimum absolute atomic E-state index is 0.0581. The van der Waals surface area contributed by atoms with Gasteiger partial charge in [0.2, 0.25) is 5.89 Å². The SMILES string of the molecule is Cc1c(NC(=S)NC(=O)c2ccc(N3CCOCC3)c([N+](=O)[O-])c2)cccc1-c1nc2ccccc2o1. The summed E-state index contributed by atoms with van der Waals surface area (Å²) in [6.45, 7) is 3.97. The van der Waals surface area contributed by atoms with Crippen molar-refractivity contribution < 1.29 is 18.9 Å². The Morgan fingerprint density at radius 1 is 1.11 bits per heavy atom. The lowest BCUT2D eigenvalue weighted by atomic mass is 10.1. The monoisotopic (exact) mass is 517 g/mol. The van der Waals surface area contributed by atoms with Crippen LogP contribution in [0.1, 0.15) is 15.9 Å². The van der Waals surface area contributed by atoms with E-state index in [0.717, 1.165) is 16.6 Å². The molecule has 0 saturated carbocycles. The quantitative estimate of drug-likeness (QED) is 0.221. The van der Waals surface area contributed by atoms with Crippen LogP contribution >= 0.6 is 12.2 Å². The molecule has 10 nitrogen and oxygen atoms in total. The molecule has 0 aliphatic carbocycles. The highest BCUT2D eigenvalue weighted by Gasteiger charge is 2.24. The molecule has 1 aliphatic rings. The third kappa shape index (κ3) is 5.13. The molecule has 11 heteroatoms. The van der Waals surface area contributed by atoms with Gasteiger partial charge in [-0.3, -0.25) is 20.2 Å². The van der Waals surface area contributed by atoms with Crippen LogP contribution in [0.5, 0.6) is 0 Å². The fourth-order valence-electron chi connectivity index (χ4n) is 4.20. The normalized spacial score (nSPS) is 13.4. The molecular weight excluding hydrogens is 494 g/mol. The van der Waals surface area contributed by atoms with E-state index in [1.54, 1.807) is 12.1 Å². The van der Waals surface area contributed by atoms with Gasteiger partial charge in [-0.25, -0.2) is 4.98 Å². The lowest BCUT2D eigenvalue weighted by molar-refractivity contribution is -0.384. The number of carbonyl (C=O) groups excluding carboxylic acids is 1. The number of amides is 1. The Kier molecular flexibility index (Phi) is 6.80. The number of carbonyl (C=O) groups is 1. The van der Waals surface area contributed by atoms with Crippen molar-refractivity contribution in [1.82, 2.24) is 10.3 Å². The number of hydrogen-bond donors (Lipinski definition) is 2. The minimum Gasteiger partial charge on any atom is -0.436 e. The van der Waals surface area contributed by atoms with E-state index >= 15 is 0 Å². The summed E-state index contributed by atoms with van der Waals surface area (Å²) in [5, 5.41) is 17.4. The van der Waals surface area contributed by atoms with Crippen molar-refractivity contribution in [2.24, 2.45) is 0 Å². The van der Waals surface area contributed by atoms with Crippen LogP contribution in [0.25, 0.3) is 22.6 Å². The van der Waals surface area contributed by atoms with E-state index < -0.39 is 10.8 Å². The number of rotatable bonds is 5. The molecule has 2 N–H and O–H groups in total. The maximum atomic E-state index is 12.9. The average Bonchev–Trinajstić information content (AvgIpc) is 3.34. The van der Waals surface area contributed by atoms with Gasteiger partial charge in [-0.1, -0.05) is 18.2 Å². The van der Waals surface area contributed by atoms with Crippen LogP contribution in [-0.2, 0) is 4.74 Å². The topological polar surface area (TPSA) is 123 Å². The number of para-hydroxylation sites is 2. The van der Waals surface area contributed by atoms with Crippen molar-refractivity contribution in [3.63, 3.8) is 0 Å². The first-order valence-electron chi connectivity index (χ1n) is 11.6. The fraction of sp³-hybridized carbons (Fsp3) is 0.192. The highest BCUT2D eigenvalue weighted by molar-refractivity contribution is 7.80. The molecule has 0 unspecified atom stereocenters. The van der Waals surface area contributed by atoms with Gasteiger partial charge in [0.25, 0.3) is 11.6 Å². The van der Waals surface area contributed by atoms with E-state index in [0.29, 0.717) is 49.2 Å². The third-order valence-electron chi connectivity index (χ3n) is 6.12. The van der Waals surface area contributed by atoms with Gasteiger partial charge in [-0.05, 0) is 61.1 Å². The molecule has 1 saturated heterocycles. The molecule has 1 aliphatic heterocycles. The van der Waals surface area contributed by atoms with Gasteiger partial charge in [-0.2, -0.15) is 0 Å². The van der Waals surface area contributed by atoms with Crippen molar-refractivity contribution in [2.45, 2.75) is 6.92 Å². The Bertz CT molecular complexity index is 1480. The number of aromatic nitrogens is 1. The first kappa shape index (κ1) is 24.3. The number of anilines is 2. The van der Waals surface area contributed by atoms with Crippen LogP contribution in [0, 0.1) is 17.0 Å². The molecule has 2 heterocycles. The summed E-state index contributed by atoms with van der Waals surface area (Å²) in [7, 11) is 0. The molecule has 5 rings (SSSR count). The highest BCUT2D eigenvalue weighted by Crippen LogP contribution is 2.31.